The van der Waals surface area contributed by atoms with Crippen molar-refractivity contribution in [3.8, 4) is 0 Å². The summed E-state index contributed by atoms with van der Waals surface area (Å²) in [6.45, 7) is 0. The lowest BCUT2D eigenvalue weighted by Gasteiger charge is -2.06. The monoisotopic (exact) mass is 172 g/mol. The molecule has 0 aromatic carbocycles. The van der Waals surface area contributed by atoms with E-state index in [0.29, 0.717) is 6.16 Å². The van der Waals surface area contributed by atoms with Crippen LogP contribution in [0.1, 0.15) is 0 Å². The second-order valence-corrected chi connectivity index (χ2v) is 4.06. The van der Waals surface area contributed by atoms with Gasteiger partial charge in [0.2, 0.25) is 0 Å². The van der Waals surface area contributed by atoms with Crippen LogP contribution >= 0.6 is 16.8 Å². The van der Waals surface area contributed by atoms with Gasteiger partial charge in [0.15, 0.2) is 16.8 Å². The van der Waals surface area contributed by atoms with Crippen molar-refractivity contribution in [1.29, 1.82) is 0 Å². The Hall–Kier alpha value is 0.700. The molecule has 0 radical (unpaired) electrons. The van der Waals surface area contributed by atoms with Crippen molar-refractivity contribution in [3.63, 3.8) is 0 Å². The molecule has 1 unspecified atom stereocenters. The predicted octanol–water partition coefficient (Wildman–Crippen LogP) is 0.233. The highest BCUT2D eigenvalue weighted by molar-refractivity contribution is 7.50. The van der Waals surface area contributed by atoms with E-state index in [1.807, 2.05) is 0 Å². The van der Waals surface area contributed by atoms with E-state index in [1.165, 1.54) is 7.11 Å². The first-order valence-electron chi connectivity index (χ1n) is 2.32. The normalized spacial score (nSPS) is 14.3. The summed E-state index contributed by atoms with van der Waals surface area (Å²) < 4.78 is 4.51. The van der Waals surface area contributed by atoms with Crippen LogP contribution in [-0.4, -0.2) is 34.1 Å². The zero-order chi connectivity index (χ0) is 7.28. The van der Waals surface area contributed by atoms with Crippen LogP contribution in [0, 0.1) is 0 Å². The Morgan fingerprint density at radius 1 is 1.22 bits per heavy atom. The van der Waals surface area contributed by atoms with E-state index in [2.05, 4.69) is 4.52 Å². The summed E-state index contributed by atoms with van der Waals surface area (Å²) in [7, 11) is -1.89. The first-order valence-corrected chi connectivity index (χ1v) is 5.15. The highest BCUT2D eigenvalue weighted by Crippen LogP contribution is 2.34. The van der Waals surface area contributed by atoms with E-state index in [4.69, 9.17) is 14.7 Å². The molecular weight excluding hydrogens is 162 g/mol. The SMILES string of the molecule is COP(O)CCP(O)O. The molecule has 0 heterocycles. The average Bonchev–Trinajstić information content (AvgIpc) is 1.83. The van der Waals surface area contributed by atoms with Crippen LogP contribution < -0.4 is 0 Å². The van der Waals surface area contributed by atoms with Crippen molar-refractivity contribution < 1.29 is 19.2 Å². The fourth-order valence-electron chi connectivity index (χ4n) is 0.266. The highest BCUT2D eigenvalue weighted by atomic mass is 31.2. The maximum absolute atomic E-state index is 8.74. The van der Waals surface area contributed by atoms with Crippen LogP contribution in [0.3, 0.4) is 0 Å². The van der Waals surface area contributed by atoms with E-state index >= 15 is 0 Å². The smallest absolute Gasteiger partial charge is 0.167 e. The fraction of sp³-hybridized carbons (Fsp3) is 1.00. The number of rotatable bonds is 4. The van der Waals surface area contributed by atoms with Gasteiger partial charge in [-0.2, -0.15) is 0 Å². The maximum Gasteiger partial charge on any atom is 0.167 e. The third kappa shape index (κ3) is 6.59. The largest absolute Gasteiger partial charge is 0.350 e. The molecule has 0 fully saturated rings. The Labute approximate surface area is 56.3 Å². The Bertz CT molecular complexity index is 68.8. The van der Waals surface area contributed by atoms with Crippen LogP contribution in [0.5, 0.6) is 0 Å². The van der Waals surface area contributed by atoms with Crippen LogP contribution in [0.25, 0.3) is 0 Å². The van der Waals surface area contributed by atoms with Gasteiger partial charge in [0, 0.05) is 19.4 Å². The Morgan fingerprint density at radius 2 is 1.78 bits per heavy atom. The Kier molecular flexibility index (Phi) is 5.91. The van der Waals surface area contributed by atoms with E-state index < -0.39 is 16.8 Å². The van der Waals surface area contributed by atoms with Crippen molar-refractivity contribution in [3.05, 3.63) is 0 Å². The predicted molar refractivity (Wildman–Crippen MR) is 37.2 cm³/mol. The molecule has 0 aromatic rings. The molecule has 0 aliphatic carbocycles. The summed E-state index contributed by atoms with van der Waals surface area (Å²) in [5.74, 6) is 0. The molecule has 1 atom stereocenters. The summed E-state index contributed by atoms with van der Waals surface area (Å²) in [5, 5.41) is 0. The molecule has 6 heteroatoms. The minimum absolute atomic E-state index is 0.228. The second-order valence-electron chi connectivity index (χ2n) is 1.35. The van der Waals surface area contributed by atoms with Crippen LogP contribution in [0.4, 0.5) is 0 Å². The van der Waals surface area contributed by atoms with Gasteiger partial charge in [-0.15, -0.1) is 0 Å². The lowest BCUT2D eigenvalue weighted by molar-refractivity contribution is 0.390. The third-order valence-electron chi connectivity index (χ3n) is 0.702. The van der Waals surface area contributed by atoms with Gasteiger partial charge in [0.1, 0.15) is 0 Å². The fourth-order valence-corrected chi connectivity index (χ4v) is 1.85. The van der Waals surface area contributed by atoms with Crippen molar-refractivity contribution in [2.45, 2.75) is 0 Å². The van der Waals surface area contributed by atoms with E-state index in [9.17, 15) is 0 Å². The second kappa shape index (κ2) is 5.48. The van der Waals surface area contributed by atoms with Gasteiger partial charge in [-0.05, 0) is 0 Å². The van der Waals surface area contributed by atoms with Crippen LogP contribution in [0.2, 0.25) is 0 Å². The highest BCUT2D eigenvalue weighted by Gasteiger charge is 2.05. The molecule has 0 aliphatic rings. The van der Waals surface area contributed by atoms with Crippen LogP contribution in [0.15, 0.2) is 0 Å². The molecule has 0 spiro atoms. The molecule has 0 saturated carbocycles. The molecule has 56 valence electrons. The van der Waals surface area contributed by atoms with Gasteiger partial charge in [-0.1, -0.05) is 0 Å². The molecule has 0 bridgehead atoms. The Morgan fingerprint density at radius 3 is 2.11 bits per heavy atom. The van der Waals surface area contributed by atoms with Gasteiger partial charge in [0.25, 0.3) is 0 Å². The summed E-state index contributed by atoms with van der Waals surface area (Å²) in [6, 6.07) is 0. The number of hydrogen-bond donors (Lipinski definition) is 3. The zero-order valence-electron chi connectivity index (χ0n) is 5.06. The molecule has 3 N–H and O–H groups in total. The molecule has 0 amide bonds. The minimum Gasteiger partial charge on any atom is -0.350 e. The van der Waals surface area contributed by atoms with Crippen molar-refractivity contribution >= 4 is 16.8 Å². The molecule has 9 heavy (non-hydrogen) atoms. The van der Waals surface area contributed by atoms with Crippen molar-refractivity contribution in [2.24, 2.45) is 0 Å². The zero-order valence-corrected chi connectivity index (χ0v) is 6.85. The topological polar surface area (TPSA) is 69.9 Å². The summed E-state index contributed by atoms with van der Waals surface area (Å²) >= 11 is 0. The molecule has 0 saturated heterocycles. The van der Waals surface area contributed by atoms with Gasteiger partial charge >= 0.3 is 0 Å². The molecule has 4 nitrogen and oxygen atoms in total. The molecule has 0 rings (SSSR count). The number of hydrogen-bond acceptors (Lipinski definition) is 4. The quantitative estimate of drug-likeness (QED) is 0.531. The van der Waals surface area contributed by atoms with Gasteiger partial charge in [-0.25, -0.2) is 0 Å². The van der Waals surface area contributed by atoms with E-state index in [1.54, 1.807) is 0 Å². The minimum atomic E-state index is -1.86. The first-order chi connectivity index (χ1) is 4.16. The van der Waals surface area contributed by atoms with Gasteiger partial charge in [0.05, 0.1) is 0 Å². The lowest BCUT2D eigenvalue weighted by atomic mass is 11.0. The summed E-state index contributed by atoms with van der Waals surface area (Å²) in [5.41, 5.74) is 0. The lowest BCUT2D eigenvalue weighted by Crippen LogP contribution is -1.90. The molecule has 0 aliphatic heterocycles. The molecular formula is C3H10O4P2. The molecule has 0 aromatic heterocycles. The Balaban J connectivity index is 3.06. The van der Waals surface area contributed by atoms with Crippen molar-refractivity contribution in [1.82, 2.24) is 0 Å². The van der Waals surface area contributed by atoms with Crippen molar-refractivity contribution in [2.75, 3.05) is 19.4 Å². The van der Waals surface area contributed by atoms with Gasteiger partial charge < -0.3 is 19.2 Å². The maximum atomic E-state index is 8.74. The standard InChI is InChI=1S/C3H10O4P2/c1-7-9(6)3-2-8(4)5/h4-6H,2-3H2,1H3. The first kappa shape index (κ1) is 9.70. The summed E-state index contributed by atoms with van der Waals surface area (Å²) in [4.78, 5) is 25.5. The van der Waals surface area contributed by atoms with Crippen LogP contribution in [-0.2, 0) is 4.52 Å². The average molecular weight is 172 g/mol. The third-order valence-corrected chi connectivity index (χ3v) is 2.71. The van der Waals surface area contributed by atoms with E-state index in [0.717, 1.165) is 0 Å². The summed E-state index contributed by atoms with van der Waals surface area (Å²) in [6.07, 6.45) is 0.565. The van der Waals surface area contributed by atoms with E-state index in [-0.39, 0.29) is 6.16 Å². The van der Waals surface area contributed by atoms with Gasteiger partial charge in [-0.3, -0.25) is 0 Å².